The fourth-order valence-electron chi connectivity index (χ4n) is 3.11. The highest BCUT2D eigenvalue weighted by Crippen LogP contribution is 2.41. The number of pyridine rings is 1. The second-order valence-corrected chi connectivity index (χ2v) is 6.47. The molecule has 1 N–H and O–H groups in total. The molecule has 7 heteroatoms. The van der Waals surface area contributed by atoms with Crippen LogP contribution in [0.4, 0.5) is 5.69 Å². The normalized spacial score (nSPS) is 13.5. The second-order valence-electron chi connectivity index (χ2n) is 6.47. The van der Waals surface area contributed by atoms with Crippen molar-refractivity contribution >= 4 is 29.2 Å². The van der Waals surface area contributed by atoms with Crippen molar-refractivity contribution in [3.05, 3.63) is 77.6 Å². The third-order valence-electron chi connectivity index (χ3n) is 4.61. The van der Waals surface area contributed by atoms with E-state index >= 15 is 0 Å². The third kappa shape index (κ3) is 3.73. The van der Waals surface area contributed by atoms with Crippen LogP contribution >= 0.6 is 0 Å². The fraction of sp³-hybridized carbons (Fsp3) is 0.0870. The number of benzene rings is 2. The predicted molar refractivity (Wildman–Crippen MR) is 112 cm³/mol. The Bertz CT molecular complexity index is 1140. The number of esters is 1. The van der Waals surface area contributed by atoms with Crippen molar-refractivity contribution in [1.29, 1.82) is 0 Å². The zero-order valence-corrected chi connectivity index (χ0v) is 16.3. The van der Waals surface area contributed by atoms with Crippen molar-refractivity contribution in [3.63, 3.8) is 0 Å². The molecule has 30 heavy (non-hydrogen) atoms. The molecule has 1 amide bonds. The molecule has 0 saturated carbocycles. The minimum absolute atomic E-state index is 0.215. The minimum Gasteiger partial charge on any atom is -0.493 e. The molecule has 2 aromatic carbocycles. The molecule has 3 aromatic rings. The first kappa shape index (κ1) is 19.2. The summed E-state index contributed by atoms with van der Waals surface area (Å²) < 4.78 is 16.0. The molecule has 0 fully saturated rings. The van der Waals surface area contributed by atoms with E-state index in [0.717, 1.165) is 11.1 Å². The molecular formula is C23H18N2O5. The van der Waals surface area contributed by atoms with Gasteiger partial charge in [0.25, 0.3) is 5.91 Å². The third-order valence-corrected chi connectivity index (χ3v) is 4.61. The van der Waals surface area contributed by atoms with Gasteiger partial charge in [-0.25, -0.2) is 4.79 Å². The van der Waals surface area contributed by atoms with Crippen molar-refractivity contribution in [2.75, 3.05) is 19.5 Å². The number of nitrogens with zero attached hydrogens (tertiary/aromatic N) is 1. The van der Waals surface area contributed by atoms with Gasteiger partial charge in [-0.1, -0.05) is 12.1 Å². The van der Waals surface area contributed by atoms with Crippen LogP contribution in [-0.4, -0.2) is 31.1 Å². The van der Waals surface area contributed by atoms with Gasteiger partial charge in [-0.05, 0) is 42.0 Å². The molecule has 4 rings (SSSR count). The van der Waals surface area contributed by atoms with Gasteiger partial charge in [-0.3, -0.25) is 9.78 Å². The maximum absolute atomic E-state index is 12.5. The molecule has 0 bridgehead atoms. The van der Waals surface area contributed by atoms with Crippen LogP contribution in [0.1, 0.15) is 21.5 Å². The van der Waals surface area contributed by atoms with Crippen molar-refractivity contribution in [1.82, 2.24) is 4.98 Å². The van der Waals surface area contributed by atoms with E-state index in [-0.39, 0.29) is 5.91 Å². The summed E-state index contributed by atoms with van der Waals surface area (Å²) in [7, 11) is 3.09. The van der Waals surface area contributed by atoms with Gasteiger partial charge in [-0.2, -0.15) is 0 Å². The fourth-order valence-corrected chi connectivity index (χ4v) is 3.11. The van der Waals surface area contributed by atoms with Gasteiger partial charge < -0.3 is 19.5 Å². The second kappa shape index (κ2) is 8.08. The minimum atomic E-state index is -0.487. The number of fused-ring (bicyclic) bond motifs is 1. The van der Waals surface area contributed by atoms with E-state index in [1.54, 1.807) is 75.0 Å². The van der Waals surface area contributed by atoms with Crippen molar-refractivity contribution < 1.29 is 23.8 Å². The number of nitrogens with one attached hydrogen (secondary N) is 1. The molecule has 150 valence electrons. The summed E-state index contributed by atoms with van der Waals surface area (Å²) in [5, 5.41) is 2.83. The van der Waals surface area contributed by atoms with Gasteiger partial charge in [0.05, 0.1) is 25.5 Å². The quantitative estimate of drug-likeness (QED) is 0.397. The maximum atomic E-state index is 12.5. The summed E-state index contributed by atoms with van der Waals surface area (Å²) >= 11 is 0. The van der Waals surface area contributed by atoms with Crippen LogP contribution in [0.5, 0.6) is 17.2 Å². The molecule has 2 heterocycles. The number of hydrogen-bond acceptors (Lipinski definition) is 6. The van der Waals surface area contributed by atoms with Crippen molar-refractivity contribution in [3.8, 4) is 17.2 Å². The summed E-state index contributed by atoms with van der Waals surface area (Å²) in [4.78, 5) is 28.5. The Hall–Kier alpha value is -4.13. The van der Waals surface area contributed by atoms with Gasteiger partial charge in [0.15, 0.2) is 11.5 Å². The lowest BCUT2D eigenvalue weighted by Crippen LogP contribution is -2.08. The highest BCUT2D eigenvalue weighted by molar-refractivity contribution is 6.35. The lowest BCUT2D eigenvalue weighted by atomic mass is 10.0. The van der Waals surface area contributed by atoms with Crippen LogP contribution in [0.25, 0.3) is 11.6 Å². The number of rotatable bonds is 5. The molecule has 1 aromatic heterocycles. The van der Waals surface area contributed by atoms with E-state index < -0.39 is 5.97 Å². The van der Waals surface area contributed by atoms with Crippen LogP contribution in [0.3, 0.4) is 0 Å². The first-order valence-corrected chi connectivity index (χ1v) is 9.11. The number of ether oxygens (including phenoxy) is 3. The summed E-state index contributed by atoms with van der Waals surface area (Å²) in [6, 6.07) is 13.7. The Balaban J connectivity index is 1.57. The lowest BCUT2D eigenvalue weighted by Gasteiger charge is -2.09. The molecule has 7 nitrogen and oxygen atoms in total. The number of carbonyl (C=O) groups excluding carboxylic acids is 2. The summed E-state index contributed by atoms with van der Waals surface area (Å²) in [5.74, 6) is 0.773. The summed E-state index contributed by atoms with van der Waals surface area (Å²) in [6.07, 6.45) is 4.79. The van der Waals surface area contributed by atoms with Gasteiger partial charge in [0.2, 0.25) is 0 Å². The van der Waals surface area contributed by atoms with Gasteiger partial charge >= 0.3 is 5.97 Å². The topological polar surface area (TPSA) is 86.8 Å². The van der Waals surface area contributed by atoms with Crippen LogP contribution in [0.2, 0.25) is 0 Å². The number of hydrogen-bond donors (Lipinski definition) is 1. The van der Waals surface area contributed by atoms with E-state index in [2.05, 4.69) is 10.3 Å². The van der Waals surface area contributed by atoms with E-state index in [1.165, 1.54) is 6.20 Å². The average Bonchev–Trinajstić information content (AvgIpc) is 3.08. The van der Waals surface area contributed by atoms with E-state index in [4.69, 9.17) is 14.2 Å². The SMILES string of the molecule is COc1cc2c(cc1OC)C(=Cc1ccc(OC(=O)c3cccnc3)cc1)C(=O)N2. The lowest BCUT2D eigenvalue weighted by molar-refractivity contribution is -0.110. The Morgan fingerprint density at radius 1 is 1.03 bits per heavy atom. The zero-order valence-electron chi connectivity index (χ0n) is 16.3. The Morgan fingerprint density at radius 3 is 2.43 bits per heavy atom. The molecule has 1 aliphatic heterocycles. The Morgan fingerprint density at radius 2 is 1.77 bits per heavy atom. The number of aromatic nitrogens is 1. The monoisotopic (exact) mass is 402 g/mol. The highest BCUT2D eigenvalue weighted by atomic mass is 16.5. The van der Waals surface area contributed by atoms with Gasteiger partial charge in [0, 0.05) is 29.6 Å². The molecule has 0 spiro atoms. The Kier molecular flexibility index (Phi) is 5.17. The van der Waals surface area contributed by atoms with Crippen LogP contribution in [0.15, 0.2) is 60.9 Å². The zero-order chi connectivity index (χ0) is 21.1. The summed E-state index contributed by atoms with van der Waals surface area (Å²) in [5.41, 5.74) is 3.04. The van der Waals surface area contributed by atoms with Crippen molar-refractivity contribution in [2.45, 2.75) is 0 Å². The smallest absolute Gasteiger partial charge is 0.345 e. The molecule has 0 atom stereocenters. The van der Waals surface area contributed by atoms with Crippen molar-refractivity contribution in [2.24, 2.45) is 0 Å². The standard InChI is InChI=1S/C23H18N2O5/c1-28-20-11-17-18(22(26)25-19(17)12-21(20)29-2)10-14-5-7-16(8-6-14)30-23(27)15-4-3-9-24-13-15/h3-13H,1-2H3,(H,25,26). The average molecular weight is 402 g/mol. The molecular weight excluding hydrogens is 384 g/mol. The molecule has 0 radical (unpaired) electrons. The number of carbonyl (C=O) groups is 2. The highest BCUT2D eigenvalue weighted by Gasteiger charge is 2.26. The van der Waals surface area contributed by atoms with E-state index in [0.29, 0.717) is 34.1 Å². The van der Waals surface area contributed by atoms with Crippen LogP contribution in [0, 0.1) is 0 Å². The largest absolute Gasteiger partial charge is 0.493 e. The van der Waals surface area contributed by atoms with Crippen LogP contribution in [-0.2, 0) is 4.79 Å². The van der Waals surface area contributed by atoms with Gasteiger partial charge in [-0.15, -0.1) is 0 Å². The summed E-state index contributed by atoms with van der Waals surface area (Å²) in [6.45, 7) is 0. The van der Waals surface area contributed by atoms with E-state index in [1.807, 2.05) is 0 Å². The first-order valence-electron chi connectivity index (χ1n) is 9.11. The maximum Gasteiger partial charge on any atom is 0.345 e. The molecule has 0 unspecified atom stereocenters. The van der Waals surface area contributed by atoms with E-state index in [9.17, 15) is 9.59 Å². The molecule has 0 aliphatic carbocycles. The molecule has 1 aliphatic rings. The predicted octanol–water partition coefficient (Wildman–Crippen LogP) is 3.81. The number of amides is 1. The first-order chi connectivity index (χ1) is 14.6. The number of methoxy groups -OCH3 is 2. The molecule has 0 saturated heterocycles. The Labute approximate surface area is 172 Å². The van der Waals surface area contributed by atoms with Crippen LogP contribution < -0.4 is 19.5 Å². The van der Waals surface area contributed by atoms with Gasteiger partial charge in [0.1, 0.15) is 5.75 Å². The number of anilines is 1.